The molecule has 3 heterocycles. The van der Waals surface area contributed by atoms with Gasteiger partial charge in [-0.1, -0.05) is 12.1 Å². The highest BCUT2D eigenvalue weighted by Gasteiger charge is 2.16. The average molecular weight is 461 g/mol. The number of hydrogen-bond donors (Lipinski definition) is 1. The summed E-state index contributed by atoms with van der Waals surface area (Å²) in [6.07, 6.45) is 5.52. The Balaban J connectivity index is 1.29. The maximum atomic E-state index is 13.0. The Labute approximate surface area is 195 Å². The minimum atomic E-state index is -0.103. The maximum Gasteiger partial charge on any atom is 0.256 e. The summed E-state index contributed by atoms with van der Waals surface area (Å²) in [6, 6.07) is 15.7. The molecule has 5 rings (SSSR count). The molecule has 1 amide bonds. The van der Waals surface area contributed by atoms with Crippen LogP contribution in [0.15, 0.2) is 65.0 Å². The molecule has 0 spiro atoms. The zero-order valence-corrected chi connectivity index (χ0v) is 19.5. The number of anilines is 1. The molecule has 0 unspecified atom stereocenters. The minimum Gasteiger partial charge on any atom is -0.328 e. The molecular formula is C25H24N4OS2. The molecule has 1 aliphatic heterocycles. The highest BCUT2D eigenvalue weighted by Crippen LogP contribution is 2.29. The molecule has 32 heavy (non-hydrogen) atoms. The summed E-state index contributed by atoms with van der Waals surface area (Å²) in [5.74, 6) is 1.66. The van der Waals surface area contributed by atoms with Gasteiger partial charge in [-0.3, -0.25) is 4.79 Å². The van der Waals surface area contributed by atoms with Crippen molar-refractivity contribution in [2.45, 2.75) is 43.4 Å². The number of thiazole rings is 1. The standard InChI is InChI=1S/C25H24N4OS2/c1-17-27-20(15-31-17)16-32-23-8-3-2-7-22(23)25(30)28-19-11-9-18(10-12-19)24-26-14-21-6-4-5-13-29(21)24/h2-3,7-12,14-15H,4-6,13,16H2,1H3,(H,28,30). The fraction of sp³-hybridized carbons (Fsp3) is 0.240. The summed E-state index contributed by atoms with van der Waals surface area (Å²) in [7, 11) is 0. The second-order valence-electron chi connectivity index (χ2n) is 7.86. The second-order valence-corrected chi connectivity index (χ2v) is 9.94. The van der Waals surface area contributed by atoms with E-state index < -0.39 is 0 Å². The van der Waals surface area contributed by atoms with Gasteiger partial charge in [0, 0.05) is 45.7 Å². The van der Waals surface area contributed by atoms with E-state index in [1.54, 1.807) is 23.1 Å². The SMILES string of the molecule is Cc1nc(CSc2ccccc2C(=O)Nc2ccc(-c3ncc4n3CCCC4)cc2)cs1. The topological polar surface area (TPSA) is 59.8 Å². The van der Waals surface area contributed by atoms with Crippen LogP contribution in [0.5, 0.6) is 0 Å². The van der Waals surface area contributed by atoms with Gasteiger partial charge >= 0.3 is 0 Å². The first kappa shape index (κ1) is 21.0. The smallest absolute Gasteiger partial charge is 0.256 e. The van der Waals surface area contributed by atoms with Gasteiger partial charge in [-0.05, 0) is 62.6 Å². The number of thioether (sulfide) groups is 1. The highest BCUT2D eigenvalue weighted by molar-refractivity contribution is 7.98. The quantitative estimate of drug-likeness (QED) is 0.348. The van der Waals surface area contributed by atoms with Crippen molar-refractivity contribution in [3.8, 4) is 11.4 Å². The number of carbonyl (C=O) groups is 1. The zero-order valence-electron chi connectivity index (χ0n) is 17.9. The van der Waals surface area contributed by atoms with Crippen LogP contribution in [0, 0.1) is 6.92 Å². The number of nitrogens with one attached hydrogen (secondary N) is 1. The minimum absolute atomic E-state index is 0.103. The van der Waals surface area contributed by atoms with Crippen molar-refractivity contribution in [1.29, 1.82) is 0 Å². The van der Waals surface area contributed by atoms with Gasteiger partial charge in [-0.25, -0.2) is 9.97 Å². The molecule has 162 valence electrons. The largest absolute Gasteiger partial charge is 0.328 e. The summed E-state index contributed by atoms with van der Waals surface area (Å²) in [5.41, 5.74) is 4.88. The van der Waals surface area contributed by atoms with Crippen molar-refractivity contribution < 1.29 is 4.79 Å². The van der Waals surface area contributed by atoms with Crippen molar-refractivity contribution in [2.24, 2.45) is 0 Å². The van der Waals surface area contributed by atoms with Crippen molar-refractivity contribution in [2.75, 3.05) is 5.32 Å². The highest BCUT2D eigenvalue weighted by atomic mass is 32.2. The molecule has 0 radical (unpaired) electrons. The van der Waals surface area contributed by atoms with Crippen LogP contribution in [0.3, 0.4) is 0 Å². The van der Waals surface area contributed by atoms with Gasteiger partial charge in [0.25, 0.3) is 5.91 Å². The molecule has 0 atom stereocenters. The Bertz CT molecular complexity index is 1240. The van der Waals surface area contributed by atoms with Crippen LogP contribution in [0.25, 0.3) is 11.4 Å². The van der Waals surface area contributed by atoms with E-state index in [2.05, 4.69) is 25.2 Å². The van der Waals surface area contributed by atoms with E-state index in [9.17, 15) is 4.79 Å². The fourth-order valence-electron chi connectivity index (χ4n) is 3.97. The number of nitrogens with zero attached hydrogens (tertiary/aromatic N) is 3. The molecule has 0 aliphatic carbocycles. The lowest BCUT2D eigenvalue weighted by molar-refractivity contribution is 0.102. The maximum absolute atomic E-state index is 13.0. The molecule has 7 heteroatoms. The number of hydrogen-bond acceptors (Lipinski definition) is 5. The Morgan fingerprint density at radius 3 is 2.81 bits per heavy atom. The number of rotatable bonds is 6. The van der Waals surface area contributed by atoms with Crippen LogP contribution in [0.4, 0.5) is 5.69 Å². The first-order valence-corrected chi connectivity index (χ1v) is 12.6. The number of carbonyl (C=O) groups excluding carboxylic acids is 1. The predicted octanol–water partition coefficient (Wildman–Crippen LogP) is 6.20. The van der Waals surface area contributed by atoms with Crippen LogP contribution in [0.1, 0.15) is 39.6 Å². The van der Waals surface area contributed by atoms with Gasteiger partial charge in [-0.15, -0.1) is 23.1 Å². The second kappa shape index (κ2) is 9.30. The molecule has 5 nitrogen and oxygen atoms in total. The van der Waals surface area contributed by atoms with Crippen LogP contribution >= 0.6 is 23.1 Å². The number of aryl methyl sites for hydroxylation is 2. The number of fused-ring (bicyclic) bond motifs is 1. The Hall–Kier alpha value is -2.90. The van der Waals surface area contributed by atoms with E-state index in [1.165, 1.54) is 18.5 Å². The lowest BCUT2D eigenvalue weighted by Crippen LogP contribution is -2.13. The number of benzene rings is 2. The summed E-state index contributed by atoms with van der Waals surface area (Å²) in [5, 5.41) is 6.18. The van der Waals surface area contributed by atoms with Crippen molar-refractivity contribution >= 4 is 34.7 Å². The number of amides is 1. The lowest BCUT2D eigenvalue weighted by Gasteiger charge is -2.16. The van der Waals surface area contributed by atoms with Gasteiger partial charge < -0.3 is 9.88 Å². The van der Waals surface area contributed by atoms with Crippen LogP contribution in [-0.4, -0.2) is 20.4 Å². The third-order valence-electron chi connectivity index (χ3n) is 5.58. The molecule has 1 N–H and O–H groups in total. The molecule has 0 saturated heterocycles. The van der Waals surface area contributed by atoms with E-state index in [0.29, 0.717) is 5.56 Å². The molecule has 1 aliphatic rings. The Kier molecular flexibility index (Phi) is 6.10. The van der Waals surface area contributed by atoms with E-state index in [1.807, 2.05) is 61.7 Å². The van der Waals surface area contributed by atoms with Crippen molar-refractivity contribution in [1.82, 2.24) is 14.5 Å². The molecule has 2 aromatic heterocycles. The average Bonchev–Trinajstić information content (AvgIpc) is 3.44. The fourth-order valence-corrected chi connectivity index (χ4v) is 5.63. The molecule has 0 bridgehead atoms. The Morgan fingerprint density at radius 1 is 1.16 bits per heavy atom. The van der Waals surface area contributed by atoms with Crippen LogP contribution in [0.2, 0.25) is 0 Å². The van der Waals surface area contributed by atoms with E-state index in [0.717, 1.165) is 51.4 Å². The van der Waals surface area contributed by atoms with Crippen molar-refractivity contribution in [3.05, 3.63) is 82.1 Å². The summed E-state index contributed by atoms with van der Waals surface area (Å²) in [6.45, 7) is 3.03. The van der Waals surface area contributed by atoms with E-state index in [-0.39, 0.29) is 5.91 Å². The molecule has 2 aromatic carbocycles. The van der Waals surface area contributed by atoms with E-state index in [4.69, 9.17) is 0 Å². The van der Waals surface area contributed by atoms with Gasteiger partial charge in [0.15, 0.2) is 0 Å². The van der Waals surface area contributed by atoms with Gasteiger partial charge in [0.1, 0.15) is 5.82 Å². The van der Waals surface area contributed by atoms with Crippen LogP contribution in [-0.2, 0) is 18.7 Å². The first-order valence-electron chi connectivity index (χ1n) is 10.8. The number of aromatic nitrogens is 3. The third kappa shape index (κ3) is 4.49. The summed E-state index contributed by atoms with van der Waals surface area (Å²) >= 11 is 3.29. The zero-order chi connectivity index (χ0) is 21.9. The summed E-state index contributed by atoms with van der Waals surface area (Å²) in [4.78, 5) is 23.1. The predicted molar refractivity (Wildman–Crippen MR) is 131 cm³/mol. The van der Waals surface area contributed by atoms with E-state index >= 15 is 0 Å². The molecular weight excluding hydrogens is 436 g/mol. The number of imidazole rings is 1. The van der Waals surface area contributed by atoms with Crippen LogP contribution < -0.4 is 5.32 Å². The monoisotopic (exact) mass is 460 g/mol. The molecule has 4 aromatic rings. The van der Waals surface area contributed by atoms with Gasteiger partial charge in [0.2, 0.25) is 0 Å². The third-order valence-corrected chi connectivity index (χ3v) is 7.51. The van der Waals surface area contributed by atoms with Crippen molar-refractivity contribution in [3.63, 3.8) is 0 Å². The lowest BCUT2D eigenvalue weighted by atomic mass is 10.1. The Morgan fingerprint density at radius 2 is 2.00 bits per heavy atom. The first-order chi connectivity index (χ1) is 15.7. The normalized spacial score (nSPS) is 13.0. The van der Waals surface area contributed by atoms with Gasteiger partial charge in [-0.2, -0.15) is 0 Å². The molecule has 0 saturated carbocycles. The summed E-state index contributed by atoms with van der Waals surface area (Å²) < 4.78 is 2.31. The van der Waals surface area contributed by atoms with Gasteiger partial charge in [0.05, 0.1) is 16.3 Å². The molecule has 0 fully saturated rings.